The number of nitrogen functional groups attached to an aromatic ring is 1. The predicted molar refractivity (Wildman–Crippen MR) is 83.1 cm³/mol. The summed E-state index contributed by atoms with van der Waals surface area (Å²) in [4.78, 5) is 12.6. The molecule has 0 amide bonds. The van der Waals surface area contributed by atoms with Crippen molar-refractivity contribution in [1.29, 1.82) is 0 Å². The molecule has 4 N–H and O–H groups in total. The maximum atomic E-state index is 5.46. The average Bonchev–Trinajstić information content (AvgIpc) is 2.53. The van der Waals surface area contributed by atoms with Crippen LogP contribution in [0.25, 0.3) is 0 Å². The van der Waals surface area contributed by atoms with Gasteiger partial charge in [0.05, 0.1) is 6.61 Å². The minimum Gasteiger partial charge on any atom is -0.463 e. The summed E-state index contributed by atoms with van der Waals surface area (Å²) in [5.74, 6) is 7.12. The van der Waals surface area contributed by atoms with Gasteiger partial charge in [-0.2, -0.15) is 15.0 Å². The van der Waals surface area contributed by atoms with Gasteiger partial charge in [-0.25, -0.2) is 5.84 Å². The van der Waals surface area contributed by atoms with Crippen molar-refractivity contribution >= 4 is 11.9 Å². The standard InChI is InChI=1S/C14H26N6O/c1-3-9-21-14-18-12(17-13(19-14)20-15)16-11-7-5-10(4-2)6-8-11/h10-11H,3-9,15H2,1-2H3,(H2,16,17,18,19,20). The molecule has 1 saturated carbocycles. The average molecular weight is 294 g/mol. The van der Waals surface area contributed by atoms with Gasteiger partial charge in [0.15, 0.2) is 0 Å². The SMILES string of the molecule is CCCOc1nc(NN)nc(NC2CCC(CC)CC2)n1. The van der Waals surface area contributed by atoms with E-state index in [1.54, 1.807) is 0 Å². The second-order valence-electron chi connectivity index (χ2n) is 5.53. The number of nitrogens with one attached hydrogen (secondary N) is 2. The molecule has 1 aromatic rings. The van der Waals surface area contributed by atoms with Gasteiger partial charge in [0, 0.05) is 6.04 Å². The van der Waals surface area contributed by atoms with Gasteiger partial charge < -0.3 is 10.1 Å². The summed E-state index contributed by atoms with van der Waals surface area (Å²) in [6.45, 7) is 4.88. The molecule has 118 valence electrons. The predicted octanol–water partition coefficient (Wildman–Crippen LogP) is 2.33. The van der Waals surface area contributed by atoms with Crippen molar-refractivity contribution < 1.29 is 4.74 Å². The van der Waals surface area contributed by atoms with Crippen LogP contribution in [-0.4, -0.2) is 27.6 Å². The van der Waals surface area contributed by atoms with Crippen LogP contribution in [0.3, 0.4) is 0 Å². The molecule has 0 radical (unpaired) electrons. The van der Waals surface area contributed by atoms with Crippen LogP contribution in [0.4, 0.5) is 11.9 Å². The number of hydrogen-bond donors (Lipinski definition) is 3. The highest BCUT2D eigenvalue weighted by Crippen LogP contribution is 2.28. The third-order valence-electron chi connectivity index (χ3n) is 3.94. The van der Waals surface area contributed by atoms with E-state index in [2.05, 4.69) is 32.6 Å². The van der Waals surface area contributed by atoms with Crippen molar-refractivity contribution in [2.45, 2.75) is 58.4 Å². The van der Waals surface area contributed by atoms with E-state index in [0.717, 1.165) is 25.2 Å². The van der Waals surface area contributed by atoms with Gasteiger partial charge in [0.25, 0.3) is 0 Å². The first-order valence-electron chi connectivity index (χ1n) is 7.87. The topological polar surface area (TPSA) is 98.0 Å². The van der Waals surface area contributed by atoms with Gasteiger partial charge in [-0.15, -0.1) is 0 Å². The quantitative estimate of drug-likeness (QED) is 0.524. The zero-order valence-corrected chi connectivity index (χ0v) is 12.9. The summed E-state index contributed by atoms with van der Waals surface area (Å²) in [6, 6.07) is 0.726. The van der Waals surface area contributed by atoms with Crippen molar-refractivity contribution in [3.63, 3.8) is 0 Å². The normalized spacial score (nSPS) is 21.9. The largest absolute Gasteiger partial charge is 0.463 e. The molecule has 7 heteroatoms. The van der Waals surface area contributed by atoms with Crippen LogP contribution in [0, 0.1) is 5.92 Å². The lowest BCUT2D eigenvalue weighted by atomic mass is 9.85. The molecule has 21 heavy (non-hydrogen) atoms. The number of nitrogens with two attached hydrogens (primary N) is 1. The molecule has 1 aromatic heterocycles. The Balaban J connectivity index is 1.98. The van der Waals surface area contributed by atoms with Crippen LogP contribution in [-0.2, 0) is 0 Å². The zero-order valence-electron chi connectivity index (χ0n) is 12.9. The highest BCUT2D eigenvalue weighted by atomic mass is 16.5. The monoisotopic (exact) mass is 294 g/mol. The number of aromatic nitrogens is 3. The van der Waals surface area contributed by atoms with Gasteiger partial charge in [-0.05, 0) is 38.0 Å². The molecule has 1 heterocycles. The summed E-state index contributed by atoms with van der Waals surface area (Å²) in [5, 5.41) is 3.38. The molecule has 0 aromatic carbocycles. The molecule has 0 unspecified atom stereocenters. The van der Waals surface area contributed by atoms with Crippen LogP contribution < -0.4 is 21.3 Å². The van der Waals surface area contributed by atoms with Crippen molar-refractivity contribution in [1.82, 2.24) is 15.0 Å². The Morgan fingerprint density at radius 2 is 1.81 bits per heavy atom. The third kappa shape index (κ3) is 4.70. The lowest BCUT2D eigenvalue weighted by Gasteiger charge is -2.28. The number of hydrogen-bond acceptors (Lipinski definition) is 7. The molecule has 1 aliphatic carbocycles. The van der Waals surface area contributed by atoms with E-state index in [1.807, 2.05) is 6.92 Å². The van der Waals surface area contributed by atoms with Crippen molar-refractivity contribution in [3.05, 3.63) is 0 Å². The minimum atomic E-state index is 0.310. The highest BCUT2D eigenvalue weighted by molar-refractivity contribution is 5.35. The summed E-state index contributed by atoms with van der Waals surface area (Å²) in [7, 11) is 0. The van der Waals surface area contributed by atoms with Crippen molar-refractivity contribution in [2.75, 3.05) is 17.3 Å². The minimum absolute atomic E-state index is 0.310. The van der Waals surface area contributed by atoms with Crippen molar-refractivity contribution in [3.8, 4) is 6.01 Å². The van der Waals surface area contributed by atoms with Crippen molar-refractivity contribution in [2.24, 2.45) is 11.8 Å². The summed E-state index contributed by atoms with van der Waals surface area (Å²) >= 11 is 0. The van der Waals surface area contributed by atoms with E-state index in [1.165, 1.54) is 19.3 Å². The Labute approximate surface area is 126 Å². The summed E-state index contributed by atoms with van der Waals surface area (Å²) in [5.41, 5.74) is 2.46. The molecule has 0 atom stereocenters. The Morgan fingerprint density at radius 1 is 1.10 bits per heavy atom. The summed E-state index contributed by atoms with van der Waals surface area (Å²) < 4.78 is 5.46. The molecular formula is C14H26N6O. The van der Waals surface area contributed by atoms with E-state index in [-0.39, 0.29) is 0 Å². The fourth-order valence-electron chi connectivity index (χ4n) is 2.64. The van der Waals surface area contributed by atoms with Crippen LogP contribution in [0.15, 0.2) is 0 Å². The van der Waals surface area contributed by atoms with E-state index < -0.39 is 0 Å². The van der Waals surface area contributed by atoms with E-state index in [4.69, 9.17) is 10.6 Å². The van der Waals surface area contributed by atoms with Crippen LogP contribution in [0.1, 0.15) is 52.4 Å². The Hall–Kier alpha value is -1.63. The number of hydrazine groups is 1. The third-order valence-corrected chi connectivity index (χ3v) is 3.94. The molecule has 0 aliphatic heterocycles. The van der Waals surface area contributed by atoms with E-state index in [9.17, 15) is 0 Å². The molecule has 1 aliphatic rings. The first-order chi connectivity index (χ1) is 10.2. The molecule has 2 rings (SSSR count). The smallest absolute Gasteiger partial charge is 0.323 e. The second-order valence-corrected chi connectivity index (χ2v) is 5.53. The molecule has 1 fully saturated rings. The fourth-order valence-corrected chi connectivity index (χ4v) is 2.64. The molecular weight excluding hydrogens is 268 g/mol. The Bertz CT molecular complexity index is 433. The molecule has 0 saturated heterocycles. The molecule has 0 bridgehead atoms. The number of rotatable bonds is 7. The van der Waals surface area contributed by atoms with Gasteiger partial charge in [0.1, 0.15) is 0 Å². The zero-order chi connectivity index (χ0) is 15.1. The Kier molecular flexibility index (Phi) is 5.98. The van der Waals surface area contributed by atoms with Gasteiger partial charge >= 0.3 is 6.01 Å². The maximum Gasteiger partial charge on any atom is 0.323 e. The Morgan fingerprint density at radius 3 is 2.43 bits per heavy atom. The maximum absolute atomic E-state index is 5.46. The number of anilines is 2. The first kappa shape index (κ1) is 15.8. The molecule has 0 spiro atoms. The van der Waals surface area contributed by atoms with E-state index >= 15 is 0 Å². The van der Waals surface area contributed by atoms with Gasteiger partial charge in [-0.1, -0.05) is 20.3 Å². The number of nitrogens with zero attached hydrogens (tertiary/aromatic N) is 3. The van der Waals surface area contributed by atoms with Crippen LogP contribution in [0.2, 0.25) is 0 Å². The highest BCUT2D eigenvalue weighted by Gasteiger charge is 2.21. The lowest BCUT2D eigenvalue weighted by Crippen LogP contribution is -2.27. The first-order valence-corrected chi connectivity index (χ1v) is 7.87. The van der Waals surface area contributed by atoms with Gasteiger partial charge in [-0.3, -0.25) is 5.43 Å². The van der Waals surface area contributed by atoms with Crippen LogP contribution in [0.5, 0.6) is 6.01 Å². The van der Waals surface area contributed by atoms with E-state index in [0.29, 0.717) is 30.6 Å². The van der Waals surface area contributed by atoms with Crippen LogP contribution >= 0.6 is 0 Å². The fraction of sp³-hybridized carbons (Fsp3) is 0.786. The van der Waals surface area contributed by atoms with Gasteiger partial charge in [0.2, 0.25) is 11.9 Å². The lowest BCUT2D eigenvalue weighted by molar-refractivity contribution is 0.291. The summed E-state index contributed by atoms with van der Waals surface area (Å²) in [6.07, 6.45) is 7.01. The molecule has 7 nitrogen and oxygen atoms in total. The second kappa shape index (κ2) is 7.97. The number of ether oxygens (including phenoxy) is 1.